The molecule has 2 N–H and O–H groups in total. The number of benzene rings is 1. The largest absolute Gasteiger partial charge is 0.371 e. The Hall–Kier alpha value is -1.23. The van der Waals surface area contributed by atoms with E-state index in [1.165, 1.54) is 5.69 Å². The lowest BCUT2D eigenvalue weighted by atomic mass is 10.1. The molecule has 1 unspecified atom stereocenters. The van der Waals surface area contributed by atoms with Gasteiger partial charge in [-0.25, -0.2) is 4.79 Å². The van der Waals surface area contributed by atoms with E-state index in [0.717, 1.165) is 30.5 Å². The molecule has 110 valence electrons. The smallest absolute Gasteiger partial charge is 0.314 e. The summed E-state index contributed by atoms with van der Waals surface area (Å²) in [6, 6.07) is 8.47. The molecule has 0 spiro atoms. The van der Waals surface area contributed by atoms with Crippen LogP contribution in [0.15, 0.2) is 28.7 Å². The Morgan fingerprint density at radius 2 is 2.30 bits per heavy atom. The molecule has 0 aliphatic carbocycles. The van der Waals surface area contributed by atoms with E-state index in [9.17, 15) is 4.79 Å². The molecule has 1 atom stereocenters. The maximum absolute atomic E-state index is 11.6. The number of carbonyl (C=O) groups is 1. The summed E-state index contributed by atoms with van der Waals surface area (Å²) in [4.78, 5) is 13.9. The van der Waals surface area contributed by atoms with Crippen LogP contribution in [0.25, 0.3) is 0 Å². The first kappa shape index (κ1) is 15.2. The van der Waals surface area contributed by atoms with E-state index in [-0.39, 0.29) is 12.1 Å². The number of hydrogen-bond donors (Lipinski definition) is 2. The molecular weight excluding hydrogens is 318 g/mol. The molecule has 0 radical (unpaired) electrons. The number of urea groups is 1. The third kappa shape index (κ3) is 4.40. The molecule has 0 bridgehead atoms. The van der Waals surface area contributed by atoms with E-state index < -0.39 is 0 Å². The first-order valence-electron chi connectivity index (χ1n) is 7.09. The van der Waals surface area contributed by atoms with Gasteiger partial charge in [0.25, 0.3) is 0 Å². The first-order chi connectivity index (χ1) is 9.54. The lowest BCUT2D eigenvalue weighted by molar-refractivity contribution is 0.237. The Balaban J connectivity index is 1.79. The molecule has 1 fully saturated rings. The average Bonchev–Trinajstić information content (AvgIpc) is 2.84. The number of anilines is 1. The van der Waals surface area contributed by atoms with Crippen molar-refractivity contribution in [3.05, 3.63) is 28.7 Å². The number of nitrogens with one attached hydrogen (secondary N) is 2. The molecule has 1 saturated heterocycles. The van der Waals surface area contributed by atoms with Crippen LogP contribution in [0.4, 0.5) is 10.5 Å². The second kappa shape index (κ2) is 6.97. The van der Waals surface area contributed by atoms with E-state index >= 15 is 0 Å². The number of halogens is 1. The molecule has 0 saturated carbocycles. The van der Waals surface area contributed by atoms with Crippen molar-refractivity contribution in [3.8, 4) is 0 Å². The van der Waals surface area contributed by atoms with Gasteiger partial charge >= 0.3 is 6.03 Å². The van der Waals surface area contributed by atoms with Gasteiger partial charge in [-0.05, 0) is 44.4 Å². The highest BCUT2D eigenvalue weighted by atomic mass is 79.9. The van der Waals surface area contributed by atoms with Gasteiger partial charge in [-0.15, -0.1) is 0 Å². The summed E-state index contributed by atoms with van der Waals surface area (Å²) in [6.45, 7) is 6.71. The van der Waals surface area contributed by atoms with Gasteiger partial charge in [-0.1, -0.05) is 22.0 Å². The fraction of sp³-hybridized carbons (Fsp3) is 0.533. The molecule has 1 aromatic carbocycles. The summed E-state index contributed by atoms with van der Waals surface area (Å²) >= 11 is 3.51. The number of rotatable bonds is 4. The van der Waals surface area contributed by atoms with Crippen molar-refractivity contribution in [2.45, 2.75) is 26.3 Å². The zero-order valence-corrected chi connectivity index (χ0v) is 13.6. The van der Waals surface area contributed by atoms with Crippen LogP contribution in [0.5, 0.6) is 0 Å². The van der Waals surface area contributed by atoms with Gasteiger partial charge in [-0.2, -0.15) is 0 Å². The maximum Gasteiger partial charge on any atom is 0.314 e. The van der Waals surface area contributed by atoms with Crippen molar-refractivity contribution in [1.82, 2.24) is 10.6 Å². The quantitative estimate of drug-likeness (QED) is 0.885. The second-order valence-corrected chi connectivity index (χ2v) is 6.51. The monoisotopic (exact) mass is 339 g/mol. The Morgan fingerprint density at radius 3 is 3.00 bits per heavy atom. The minimum atomic E-state index is -0.0686. The number of carbonyl (C=O) groups excluding carboxylic acids is 1. The van der Waals surface area contributed by atoms with Crippen molar-refractivity contribution < 1.29 is 4.79 Å². The van der Waals surface area contributed by atoms with Crippen LogP contribution in [0.2, 0.25) is 0 Å². The van der Waals surface area contributed by atoms with Gasteiger partial charge in [0.15, 0.2) is 0 Å². The molecule has 2 rings (SSSR count). The van der Waals surface area contributed by atoms with Gasteiger partial charge in [0.1, 0.15) is 0 Å². The molecular formula is C15H22BrN3O. The van der Waals surface area contributed by atoms with Crippen LogP contribution < -0.4 is 15.5 Å². The zero-order chi connectivity index (χ0) is 14.5. The van der Waals surface area contributed by atoms with Gasteiger partial charge in [0, 0.05) is 35.8 Å². The van der Waals surface area contributed by atoms with Gasteiger partial charge in [-0.3, -0.25) is 0 Å². The van der Waals surface area contributed by atoms with Crippen LogP contribution >= 0.6 is 15.9 Å². The van der Waals surface area contributed by atoms with Crippen LogP contribution in [-0.4, -0.2) is 31.7 Å². The molecule has 1 aliphatic rings. The van der Waals surface area contributed by atoms with Crippen LogP contribution in [0, 0.1) is 5.92 Å². The summed E-state index contributed by atoms with van der Waals surface area (Å²) in [5.74, 6) is 0.520. The third-order valence-corrected chi connectivity index (χ3v) is 3.92. The standard InChI is InChI=1S/C15H22BrN3O/c1-11(2)18-15(20)17-9-12-6-7-19(10-12)14-5-3-4-13(16)8-14/h3-5,8,11-12H,6-7,9-10H2,1-2H3,(H2,17,18,20). The predicted molar refractivity (Wildman–Crippen MR) is 86.1 cm³/mol. The minimum absolute atomic E-state index is 0.0686. The Bertz CT molecular complexity index is 464. The third-order valence-electron chi connectivity index (χ3n) is 3.43. The van der Waals surface area contributed by atoms with Gasteiger partial charge < -0.3 is 15.5 Å². The second-order valence-electron chi connectivity index (χ2n) is 5.59. The van der Waals surface area contributed by atoms with Crippen LogP contribution in [-0.2, 0) is 0 Å². The number of nitrogens with zero attached hydrogens (tertiary/aromatic N) is 1. The van der Waals surface area contributed by atoms with Crippen molar-refractivity contribution >= 4 is 27.6 Å². The van der Waals surface area contributed by atoms with E-state index in [2.05, 4.69) is 49.7 Å². The van der Waals surface area contributed by atoms with Crippen molar-refractivity contribution in [2.24, 2.45) is 5.92 Å². The molecule has 4 nitrogen and oxygen atoms in total. The molecule has 1 aliphatic heterocycles. The molecule has 2 amide bonds. The lowest BCUT2D eigenvalue weighted by Gasteiger charge is -2.19. The fourth-order valence-electron chi connectivity index (χ4n) is 2.46. The van der Waals surface area contributed by atoms with Crippen molar-refractivity contribution in [1.29, 1.82) is 0 Å². The molecule has 0 aromatic heterocycles. The highest BCUT2D eigenvalue weighted by Crippen LogP contribution is 2.25. The highest BCUT2D eigenvalue weighted by Gasteiger charge is 2.23. The lowest BCUT2D eigenvalue weighted by Crippen LogP contribution is -2.41. The molecule has 1 heterocycles. The topological polar surface area (TPSA) is 44.4 Å². The zero-order valence-electron chi connectivity index (χ0n) is 12.0. The maximum atomic E-state index is 11.6. The van der Waals surface area contributed by atoms with E-state index in [0.29, 0.717) is 5.92 Å². The summed E-state index contributed by atoms with van der Waals surface area (Å²) in [6.07, 6.45) is 1.12. The summed E-state index contributed by atoms with van der Waals surface area (Å²) in [7, 11) is 0. The number of hydrogen-bond acceptors (Lipinski definition) is 2. The Labute approximate surface area is 129 Å². The average molecular weight is 340 g/mol. The molecule has 20 heavy (non-hydrogen) atoms. The summed E-state index contributed by atoms with van der Waals surface area (Å²) < 4.78 is 1.10. The molecule has 5 heteroatoms. The van der Waals surface area contributed by atoms with Crippen molar-refractivity contribution in [2.75, 3.05) is 24.5 Å². The highest BCUT2D eigenvalue weighted by molar-refractivity contribution is 9.10. The van der Waals surface area contributed by atoms with Gasteiger partial charge in [0.2, 0.25) is 0 Å². The summed E-state index contributed by atoms with van der Waals surface area (Å²) in [5, 5.41) is 5.80. The normalized spacial score (nSPS) is 18.4. The number of amides is 2. The van der Waals surface area contributed by atoms with Crippen LogP contribution in [0.1, 0.15) is 20.3 Å². The Kier molecular flexibility index (Phi) is 5.29. The SMILES string of the molecule is CC(C)NC(=O)NCC1CCN(c2cccc(Br)c2)C1. The predicted octanol–water partition coefficient (Wildman–Crippen LogP) is 2.98. The molecule has 1 aromatic rings. The van der Waals surface area contributed by atoms with Crippen molar-refractivity contribution in [3.63, 3.8) is 0 Å². The first-order valence-corrected chi connectivity index (χ1v) is 7.89. The summed E-state index contributed by atoms with van der Waals surface area (Å²) in [5.41, 5.74) is 1.24. The van der Waals surface area contributed by atoms with Crippen LogP contribution in [0.3, 0.4) is 0 Å². The Morgan fingerprint density at radius 1 is 1.50 bits per heavy atom. The van der Waals surface area contributed by atoms with E-state index in [1.807, 2.05) is 19.9 Å². The van der Waals surface area contributed by atoms with E-state index in [1.54, 1.807) is 0 Å². The van der Waals surface area contributed by atoms with Gasteiger partial charge in [0.05, 0.1) is 0 Å². The van der Waals surface area contributed by atoms with E-state index in [4.69, 9.17) is 0 Å². The minimum Gasteiger partial charge on any atom is -0.371 e. The fourth-order valence-corrected chi connectivity index (χ4v) is 2.84.